The molecule has 0 saturated heterocycles. The van der Waals surface area contributed by atoms with E-state index in [1.807, 2.05) is 53.8 Å². The Bertz CT molecular complexity index is 811. The predicted octanol–water partition coefficient (Wildman–Crippen LogP) is 3.80. The van der Waals surface area contributed by atoms with E-state index < -0.39 is 0 Å². The molecule has 0 amide bonds. The Kier molecular flexibility index (Phi) is 3.75. The first kappa shape index (κ1) is 13.8. The van der Waals surface area contributed by atoms with Gasteiger partial charge in [0.1, 0.15) is 18.1 Å². The van der Waals surface area contributed by atoms with Crippen LogP contribution in [-0.2, 0) is 6.61 Å². The molecule has 0 aliphatic rings. The summed E-state index contributed by atoms with van der Waals surface area (Å²) < 4.78 is 8.54. The lowest BCUT2D eigenvalue weighted by Gasteiger charge is -2.08. The number of carbonyl (C=O) groups excluding carboxylic acids is 1. The van der Waals surface area contributed by atoms with Crippen LogP contribution in [0.1, 0.15) is 21.9 Å². The van der Waals surface area contributed by atoms with E-state index in [1.54, 1.807) is 0 Å². The number of carbonyl (C=O) groups is 1. The van der Waals surface area contributed by atoms with E-state index in [0.29, 0.717) is 18.1 Å². The average molecular weight is 345 g/mol. The second kappa shape index (κ2) is 5.69. The third kappa shape index (κ3) is 2.56. The molecule has 0 unspecified atom stereocenters. The number of benzene rings is 1. The van der Waals surface area contributed by atoms with Crippen molar-refractivity contribution in [1.29, 1.82) is 0 Å². The van der Waals surface area contributed by atoms with Gasteiger partial charge in [-0.3, -0.25) is 9.20 Å². The van der Waals surface area contributed by atoms with Crippen molar-refractivity contribution < 1.29 is 9.53 Å². The molecule has 21 heavy (non-hydrogen) atoms. The highest BCUT2D eigenvalue weighted by Crippen LogP contribution is 2.22. The van der Waals surface area contributed by atoms with E-state index in [2.05, 4.69) is 20.9 Å². The third-order valence-electron chi connectivity index (χ3n) is 3.27. The Balaban J connectivity index is 1.98. The van der Waals surface area contributed by atoms with Gasteiger partial charge in [0.2, 0.25) is 0 Å². The van der Waals surface area contributed by atoms with E-state index in [0.717, 1.165) is 27.7 Å². The van der Waals surface area contributed by atoms with E-state index in [-0.39, 0.29) is 0 Å². The van der Waals surface area contributed by atoms with Gasteiger partial charge in [0.25, 0.3) is 0 Å². The van der Waals surface area contributed by atoms with E-state index in [9.17, 15) is 4.79 Å². The molecule has 0 saturated carbocycles. The van der Waals surface area contributed by atoms with Crippen LogP contribution in [-0.4, -0.2) is 15.7 Å². The first-order valence-corrected chi connectivity index (χ1v) is 7.29. The standard InChI is InChI=1S/C16H13BrN2O2/c1-11-5-2-3-7-14(11)21-10-16-18-12(9-20)13-6-4-8-15(17)19(13)16/h2-9H,10H2,1H3. The number of aromatic nitrogens is 2. The molecule has 0 radical (unpaired) electrons. The SMILES string of the molecule is Cc1ccccc1OCc1nc(C=O)c2cccc(Br)n12. The van der Waals surface area contributed by atoms with Gasteiger partial charge in [-0.1, -0.05) is 24.3 Å². The van der Waals surface area contributed by atoms with Gasteiger partial charge in [-0.2, -0.15) is 0 Å². The predicted molar refractivity (Wildman–Crippen MR) is 83.8 cm³/mol. The number of rotatable bonds is 4. The molecule has 3 aromatic rings. The topological polar surface area (TPSA) is 43.6 Å². The van der Waals surface area contributed by atoms with Crippen molar-refractivity contribution in [3.63, 3.8) is 0 Å². The molecule has 1 aromatic carbocycles. The Labute approximate surface area is 130 Å². The van der Waals surface area contributed by atoms with Gasteiger partial charge < -0.3 is 4.74 Å². The van der Waals surface area contributed by atoms with Crippen molar-refractivity contribution in [2.45, 2.75) is 13.5 Å². The molecule has 0 aliphatic heterocycles. The van der Waals surface area contributed by atoms with Gasteiger partial charge >= 0.3 is 0 Å². The van der Waals surface area contributed by atoms with Crippen LogP contribution in [0.4, 0.5) is 0 Å². The van der Waals surface area contributed by atoms with Crippen LogP contribution in [0, 0.1) is 6.92 Å². The number of imidazole rings is 1. The molecule has 0 fully saturated rings. The second-order valence-corrected chi connectivity index (χ2v) is 5.47. The highest BCUT2D eigenvalue weighted by atomic mass is 79.9. The molecule has 3 rings (SSSR count). The smallest absolute Gasteiger partial charge is 0.170 e. The molecular weight excluding hydrogens is 332 g/mol. The van der Waals surface area contributed by atoms with Gasteiger partial charge in [-0.25, -0.2) is 4.98 Å². The molecule has 0 spiro atoms. The fourth-order valence-electron chi connectivity index (χ4n) is 2.24. The molecule has 2 aromatic heterocycles. The van der Waals surface area contributed by atoms with Crippen LogP contribution >= 0.6 is 15.9 Å². The first-order chi connectivity index (χ1) is 10.2. The number of para-hydroxylation sites is 1. The van der Waals surface area contributed by atoms with Crippen molar-refractivity contribution in [3.05, 3.63) is 64.1 Å². The highest BCUT2D eigenvalue weighted by molar-refractivity contribution is 9.10. The summed E-state index contributed by atoms with van der Waals surface area (Å²) in [6.07, 6.45) is 0.763. The summed E-state index contributed by atoms with van der Waals surface area (Å²) in [5.41, 5.74) is 2.25. The number of ether oxygens (including phenoxy) is 1. The molecule has 4 nitrogen and oxygen atoms in total. The minimum atomic E-state index is 0.294. The van der Waals surface area contributed by atoms with Crippen molar-refractivity contribution >= 4 is 27.7 Å². The summed E-state index contributed by atoms with van der Waals surface area (Å²) in [5.74, 6) is 1.50. The molecule has 0 atom stereocenters. The second-order valence-electron chi connectivity index (χ2n) is 4.65. The lowest BCUT2D eigenvalue weighted by molar-refractivity contribution is 0.112. The average Bonchev–Trinajstić information content (AvgIpc) is 2.86. The van der Waals surface area contributed by atoms with Crippen molar-refractivity contribution in [2.24, 2.45) is 0 Å². The number of hydrogen-bond donors (Lipinski definition) is 0. The summed E-state index contributed by atoms with van der Waals surface area (Å²) in [6.45, 7) is 2.29. The number of hydrogen-bond acceptors (Lipinski definition) is 3. The number of nitrogens with zero attached hydrogens (tertiary/aromatic N) is 2. The molecule has 5 heteroatoms. The molecule has 106 valence electrons. The Morgan fingerprint density at radius 2 is 2.05 bits per heavy atom. The summed E-state index contributed by atoms with van der Waals surface area (Å²) in [7, 11) is 0. The third-order valence-corrected chi connectivity index (χ3v) is 3.89. The van der Waals surface area contributed by atoms with Gasteiger partial charge in [0, 0.05) is 0 Å². The van der Waals surface area contributed by atoms with E-state index in [4.69, 9.17) is 4.74 Å². The number of aldehydes is 1. The minimum absolute atomic E-state index is 0.294. The van der Waals surface area contributed by atoms with Gasteiger partial charge in [-0.15, -0.1) is 0 Å². The molecule has 2 heterocycles. The molecular formula is C16H13BrN2O2. The molecule has 0 bridgehead atoms. The normalized spacial score (nSPS) is 10.8. The van der Waals surface area contributed by atoms with Crippen molar-refractivity contribution in [2.75, 3.05) is 0 Å². The number of pyridine rings is 1. The monoisotopic (exact) mass is 344 g/mol. The Morgan fingerprint density at radius 3 is 2.81 bits per heavy atom. The summed E-state index contributed by atoms with van der Waals surface area (Å²) in [4.78, 5) is 15.5. The lowest BCUT2D eigenvalue weighted by atomic mass is 10.2. The van der Waals surface area contributed by atoms with Crippen molar-refractivity contribution in [1.82, 2.24) is 9.38 Å². The van der Waals surface area contributed by atoms with Gasteiger partial charge in [0.15, 0.2) is 12.1 Å². The maximum absolute atomic E-state index is 11.1. The van der Waals surface area contributed by atoms with Crippen LogP contribution in [0.5, 0.6) is 5.75 Å². The van der Waals surface area contributed by atoms with Crippen LogP contribution in [0.2, 0.25) is 0 Å². The quantitative estimate of drug-likeness (QED) is 0.534. The zero-order chi connectivity index (χ0) is 14.8. The van der Waals surface area contributed by atoms with Crippen LogP contribution < -0.4 is 4.74 Å². The Morgan fingerprint density at radius 1 is 1.24 bits per heavy atom. The lowest BCUT2D eigenvalue weighted by Crippen LogP contribution is -2.03. The maximum atomic E-state index is 11.1. The van der Waals surface area contributed by atoms with Crippen LogP contribution in [0.25, 0.3) is 5.52 Å². The van der Waals surface area contributed by atoms with Gasteiger partial charge in [-0.05, 0) is 46.6 Å². The van der Waals surface area contributed by atoms with Gasteiger partial charge in [0.05, 0.1) is 10.1 Å². The fraction of sp³-hybridized carbons (Fsp3) is 0.125. The largest absolute Gasteiger partial charge is 0.485 e. The zero-order valence-electron chi connectivity index (χ0n) is 11.4. The number of halogens is 1. The van der Waals surface area contributed by atoms with Crippen molar-refractivity contribution in [3.8, 4) is 5.75 Å². The van der Waals surface area contributed by atoms with E-state index >= 15 is 0 Å². The molecule has 0 aliphatic carbocycles. The fourth-order valence-corrected chi connectivity index (χ4v) is 2.78. The zero-order valence-corrected chi connectivity index (χ0v) is 13.0. The highest BCUT2D eigenvalue weighted by Gasteiger charge is 2.13. The number of fused-ring (bicyclic) bond motifs is 1. The Hall–Kier alpha value is -2.14. The summed E-state index contributed by atoms with van der Waals surface area (Å²) in [5, 5.41) is 0. The minimum Gasteiger partial charge on any atom is -0.485 e. The first-order valence-electron chi connectivity index (χ1n) is 6.50. The number of aryl methyl sites for hydroxylation is 1. The summed E-state index contributed by atoms with van der Waals surface area (Å²) in [6, 6.07) is 13.4. The van der Waals surface area contributed by atoms with E-state index in [1.165, 1.54) is 0 Å². The van der Waals surface area contributed by atoms with Crippen LogP contribution in [0.15, 0.2) is 47.1 Å². The summed E-state index contributed by atoms with van der Waals surface area (Å²) >= 11 is 3.48. The maximum Gasteiger partial charge on any atom is 0.170 e. The molecule has 0 N–H and O–H groups in total. The van der Waals surface area contributed by atoms with Crippen LogP contribution in [0.3, 0.4) is 0 Å².